The lowest BCUT2D eigenvalue weighted by Crippen LogP contribution is -2.23. The molecule has 38 heavy (non-hydrogen) atoms. The molecule has 8 nitrogen and oxygen atoms in total. The predicted octanol–water partition coefficient (Wildman–Crippen LogP) is 5.63. The number of aryl methyl sites for hydroxylation is 1. The van der Waals surface area contributed by atoms with Crippen molar-refractivity contribution in [2.75, 3.05) is 7.11 Å². The minimum atomic E-state index is -0.388. The first kappa shape index (κ1) is 26.6. The van der Waals surface area contributed by atoms with Crippen molar-refractivity contribution in [3.63, 3.8) is 0 Å². The van der Waals surface area contributed by atoms with Crippen LogP contribution in [-0.2, 0) is 13.2 Å². The average molecular weight is 528 g/mol. The molecule has 0 spiro atoms. The van der Waals surface area contributed by atoms with Crippen molar-refractivity contribution in [3.05, 3.63) is 98.3 Å². The van der Waals surface area contributed by atoms with Crippen molar-refractivity contribution in [2.45, 2.75) is 33.9 Å². The minimum absolute atomic E-state index is 0.0641. The molecule has 0 fully saturated rings. The van der Waals surface area contributed by atoms with Crippen molar-refractivity contribution in [2.24, 2.45) is 4.99 Å². The summed E-state index contributed by atoms with van der Waals surface area (Å²) in [6, 6.07) is 14.5. The highest BCUT2D eigenvalue weighted by molar-refractivity contribution is 6.32. The van der Waals surface area contributed by atoms with E-state index in [9.17, 15) is 10.1 Å². The average Bonchev–Trinajstić information content (AvgIpc) is 2.91. The molecule has 0 bridgehead atoms. The number of para-hydroxylation sites is 1. The Hall–Kier alpha value is -4.48. The second-order valence-corrected chi connectivity index (χ2v) is 8.99. The molecule has 0 aliphatic rings. The maximum atomic E-state index is 12.6. The standard InChI is InChI=1S/C29H26ClN5O3/c1-5-32-27(19(3)30)22-14-18(2)34-28-21(22)9-6-10-26(28)38-17-23-24(33-12-11-25(23)37-4)16-35-13-7-8-20(15-31)29(35)36/h5-14H,16-17H2,1-4H3/b27-19+,32-5?. The molecule has 0 aliphatic heterocycles. The number of allylic oxidation sites excluding steroid dienone is 1. The van der Waals surface area contributed by atoms with Crippen molar-refractivity contribution >= 4 is 34.4 Å². The topological polar surface area (TPSA) is 102 Å². The maximum absolute atomic E-state index is 12.6. The number of pyridine rings is 3. The Morgan fingerprint density at radius 2 is 2.05 bits per heavy atom. The Balaban J connectivity index is 1.75. The molecule has 0 amide bonds. The molecule has 192 valence electrons. The summed E-state index contributed by atoms with van der Waals surface area (Å²) < 4.78 is 13.3. The van der Waals surface area contributed by atoms with Gasteiger partial charge >= 0.3 is 0 Å². The van der Waals surface area contributed by atoms with E-state index in [1.54, 1.807) is 44.8 Å². The molecule has 0 unspecified atom stereocenters. The van der Waals surface area contributed by atoms with Crippen LogP contribution in [0.25, 0.3) is 16.6 Å². The highest BCUT2D eigenvalue weighted by Gasteiger charge is 2.17. The van der Waals surface area contributed by atoms with Crippen LogP contribution in [0.4, 0.5) is 0 Å². The number of benzene rings is 1. The van der Waals surface area contributed by atoms with E-state index in [1.165, 1.54) is 10.6 Å². The lowest BCUT2D eigenvalue weighted by atomic mass is 10.0. The summed E-state index contributed by atoms with van der Waals surface area (Å²) >= 11 is 6.39. The molecule has 3 heterocycles. The molecule has 4 aromatic rings. The Bertz CT molecular complexity index is 1660. The van der Waals surface area contributed by atoms with E-state index in [0.717, 1.165) is 16.6 Å². The van der Waals surface area contributed by atoms with Gasteiger partial charge in [-0.05, 0) is 51.1 Å². The molecule has 9 heteroatoms. The largest absolute Gasteiger partial charge is 0.496 e. The highest BCUT2D eigenvalue weighted by Crippen LogP contribution is 2.34. The first-order chi connectivity index (χ1) is 18.4. The third-order valence-corrected chi connectivity index (χ3v) is 6.10. The summed E-state index contributed by atoms with van der Waals surface area (Å²) in [5.74, 6) is 1.14. The lowest BCUT2D eigenvalue weighted by molar-refractivity contribution is 0.296. The second-order valence-electron chi connectivity index (χ2n) is 8.43. The maximum Gasteiger partial charge on any atom is 0.268 e. The molecule has 1 aromatic carbocycles. The number of fused-ring (bicyclic) bond motifs is 1. The third-order valence-electron chi connectivity index (χ3n) is 5.92. The summed E-state index contributed by atoms with van der Waals surface area (Å²) in [4.78, 5) is 26.3. The summed E-state index contributed by atoms with van der Waals surface area (Å²) in [6.07, 6.45) is 4.94. The Morgan fingerprint density at radius 1 is 1.24 bits per heavy atom. The molecule has 0 atom stereocenters. The van der Waals surface area contributed by atoms with Crippen molar-refractivity contribution < 1.29 is 9.47 Å². The molecule has 3 aromatic heterocycles. The fourth-order valence-corrected chi connectivity index (χ4v) is 4.34. The van der Waals surface area contributed by atoms with Gasteiger partial charge in [-0.25, -0.2) is 4.98 Å². The molecular weight excluding hydrogens is 502 g/mol. The van der Waals surface area contributed by atoms with Crippen molar-refractivity contribution in [1.82, 2.24) is 14.5 Å². The van der Waals surface area contributed by atoms with Gasteiger partial charge in [0.25, 0.3) is 5.56 Å². The monoisotopic (exact) mass is 527 g/mol. The van der Waals surface area contributed by atoms with Crippen LogP contribution < -0.4 is 15.0 Å². The Labute approximate surface area is 225 Å². The quantitative estimate of drug-likeness (QED) is 0.275. The van der Waals surface area contributed by atoms with E-state index in [4.69, 9.17) is 26.1 Å². The Morgan fingerprint density at radius 3 is 2.76 bits per heavy atom. The van der Waals surface area contributed by atoms with Crippen LogP contribution in [0.5, 0.6) is 11.5 Å². The van der Waals surface area contributed by atoms with Gasteiger partial charge in [-0.1, -0.05) is 23.7 Å². The number of nitrogens with zero attached hydrogens (tertiary/aromatic N) is 5. The number of nitriles is 1. The number of methoxy groups -OCH3 is 1. The van der Waals surface area contributed by atoms with Gasteiger partial charge in [0, 0.05) is 40.3 Å². The molecule has 0 N–H and O–H groups in total. The van der Waals surface area contributed by atoms with Crippen molar-refractivity contribution in [3.8, 4) is 17.6 Å². The molecule has 0 saturated carbocycles. The molecule has 0 saturated heterocycles. The molecule has 4 rings (SSSR count). The van der Waals surface area contributed by atoms with E-state index in [-0.39, 0.29) is 24.3 Å². The van der Waals surface area contributed by atoms with Crippen LogP contribution in [0.3, 0.4) is 0 Å². The normalized spacial score (nSPS) is 11.9. The zero-order valence-corrected chi connectivity index (χ0v) is 22.3. The smallest absolute Gasteiger partial charge is 0.268 e. The first-order valence-corrected chi connectivity index (χ1v) is 12.2. The van der Waals surface area contributed by atoms with Crippen LogP contribution in [0.2, 0.25) is 0 Å². The van der Waals surface area contributed by atoms with Crippen LogP contribution in [0, 0.1) is 18.3 Å². The third kappa shape index (κ3) is 5.43. The summed E-state index contributed by atoms with van der Waals surface area (Å²) in [5.41, 5.74) is 3.94. The van der Waals surface area contributed by atoms with Crippen LogP contribution in [-0.4, -0.2) is 27.9 Å². The fourth-order valence-electron chi connectivity index (χ4n) is 4.19. The van der Waals surface area contributed by atoms with Crippen molar-refractivity contribution in [1.29, 1.82) is 5.26 Å². The summed E-state index contributed by atoms with van der Waals surface area (Å²) in [5, 5.41) is 10.7. The van der Waals surface area contributed by atoms with E-state index < -0.39 is 0 Å². The van der Waals surface area contributed by atoms with Gasteiger partial charge in [-0.15, -0.1) is 0 Å². The molecule has 0 radical (unpaired) electrons. The molecular formula is C29H26ClN5O3. The number of ether oxygens (including phenoxy) is 2. The van der Waals surface area contributed by atoms with Gasteiger partial charge < -0.3 is 14.0 Å². The van der Waals surface area contributed by atoms with E-state index in [2.05, 4.69) is 9.98 Å². The number of aromatic nitrogens is 3. The van der Waals surface area contributed by atoms with Crippen LogP contribution in [0.1, 0.15) is 41.9 Å². The second kappa shape index (κ2) is 11.7. The van der Waals surface area contributed by atoms with Crippen LogP contribution in [0.15, 0.2) is 69.7 Å². The fraction of sp³-hybridized carbons (Fsp3) is 0.207. The number of rotatable bonds is 8. The van der Waals surface area contributed by atoms with E-state index in [0.29, 0.717) is 39.0 Å². The Kier molecular flexibility index (Phi) is 8.19. The van der Waals surface area contributed by atoms with Gasteiger partial charge in [0.15, 0.2) is 0 Å². The minimum Gasteiger partial charge on any atom is -0.496 e. The number of halogens is 1. The lowest BCUT2D eigenvalue weighted by Gasteiger charge is -2.16. The zero-order chi connectivity index (χ0) is 27.2. The summed E-state index contributed by atoms with van der Waals surface area (Å²) in [6.45, 7) is 5.83. The van der Waals surface area contributed by atoms with Gasteiger partial charge in [0.2, 0.25) is 0 Å². The van der Waals surface area contributed by atoms with Gasteiger partial charge in [-0.3, -0.25) is 14.8 Å². The first-order valence-electron chi connectivity index (χ1n) is 11.9. The van der Waals surface area contributed by atoms with Crippen LogP contribution >= 0.6 is 11.6 Å². The number of aliphatic imine (C=N–C) groups is 1. The highest BCUT2D eigenvalue weighted by atomic mass is 35.5. The number of hydrogen-bond acceptors (Lipinski definition) is 7. The summed E-state index contributed by atoms with van der Waals surface area (Å²) in [7, 11) is 1.57. The van der Waals surface area contributed by atoms with E-state index in [1.807, 2.05) is 44.2 Å². The number of hydrogen-bond donors (Lipinski definition) is 0. The van der Waals surface area contributed by atoms with Gasteiger partial charge in [0.1, 0.15) is 35.3 Å². The SMILES string of the molecule is CC=N/C(=C(\C)Cl)c1cc(C)nc2c(OCc3c(OC)ccnc3Cn3cccc(C#N)c3=O)cccc12. The van der Waals surface area contributed by atoms with Gasteiger partial charge in [0.05, 0.1) is 30.6 Å². The van der Waals surface area contributed by atoms with Gasteiger partial charge in [-0.2, -0.15) is 5.26 Å². The zero-order valence-electron chi connectivity index (χ0n) is 21.5. The van der Waals surface area contributed by atoms with E-state index >= 15 is 0 Å². The molecule has 0 aliphatic carbocycles. The predicted molar refractivity (Wildman–Crippen MR) is 149 cm³/mol.